The fourth-order valence-electron chi connectivity index (χ4n) is 1.10. The van der Waals surface area contributed by atoms with Crippen molar-refractivity contribution < 1.29 is 0 Å². The Morgan fingerprint density at radius 1 is 1.43 bits per heavy atom. The molecular weight excluding hydrogens is 176 g/mol. The summed E-state index contributed by atoms with van der Waals surface area (Å²) in [6.45, 7) is 5.80. The van der Waals surface area contributed by atoms with Crippen molar-refractivity contribution in [3.63, 3.8) is 0 Å². The molecule has 4 heteroatoms. The molecule has 0 aliphatic heterocycles. The summed E-state index contributed by atoms with van der Waals surface area (Å²) in [5.74, 6) is 1.32. The van der Waals surface area contributed by atoms with Crippen molar-refractivity contribution in [1.82, 2.24) is 9.97 Å². The molecule has 0 radical (unpaired) electrons. The van der Waals surface area contributed by atoms with Gasteiger partial charge in [0.1, 0.15) is 12.1 Å². The second-order valence-corrected chi connectivity index (χ2v) is 3.55. The number of nitrogens with two attached hydrogens (primary N) is 1. The third-order valence-electron chi connectivity index (χ3n) is 1.97. The van der Waals surface area contributed by atoms with Gasteiger partial charge in [-0.05, 0) is 18.9 Å². The predicted molar refractivity (Wildman–Crippen MR) is 58.3 cm³/mol. The Morgan fingerprint density at radius 2 is 2.21 bits per heavy atom. The van der Waals surface area contributed by atoms with Gasteiger partial charge in [-0.25, -0.2) is 9.97 Å². The van der Waals surface area contributed by atoms with Crippen LogP contribution in [0.15, 0.2) is 12.4 Å². The summed E-state index contributed by atoms with van der Waals surface area (Å²) in [6.07, 6.45) is 2.56. The van der Waals surface area contributed by atoms with Gasteiger partial charge in [0, 0.05) is 18.3 Å². The van der Waals surface area contributed by atoms with Gasteiger partial charge in [0.25, 0.3) is 0 Å². The molecule has 1 aromatic heterocycles. The molecule has 0 saturated heterocycles. The second-order valence-electron chi connectivity index (χ2n) is 3.55. The zero-order valence-electron chi connectivity index (χ0n) is 8.83. The molecule has 4 nitrogen and oxygen atoms in total. The second kappa shape index (κ2) is 5.54. The van der Waals surface area contributed by atoms with Crippen molar-refractivity contribution in [2.75, 3.05) is 18.4 Å². The van der Waals surface area contributed by atoms with E-state index in [-0.39, 0.29) is 0 Å². The lowest BCUT2D eigenvalue weighted by atomic mass is 10.1. The molecule has 1 rings (SSSR count). The Balaban J connectivity index is 2.55. The fourth-order valence-corrected chi connectivity index (χ4v) is 1.10. The molecular formula is C10H18N4. The fraction of sp³-hybridized carbons (Fsp3) is 0.600. The minimum absolute atomic E-state index is 0.438. The van der Waals surface area contributed by atoms with Crippen LogP contribution in [0, 0.1) is 0 Å². The van der Waals surface area contributed by atoms with Gasteiger partial charge in [0.2, 0.25) is 0 Å². The summed E-state index contributed by atoms with van der Waals surface area (Å²) in [5, 5.41) is 3.21. The van der Waals surface area contributed by atoms with Gasteiger partial charge in [-0.15, -0.1) is 0 Å². The van der Waals surface area contributed by atoms with E-state index in [9.17, 15) is 0 Å². The summed E-state index contributed by atoms with van der Waals surface area (Å²) < 4.78 is 0. The van der Waals surface area contributed by atoms with Crippen LogP contribution in [0.5, 0.6) is 0 Å². The summed E-state index contributed by atoms with van der Waals surface area (Å²) in [6, 6.07) is 1.99. The predicted octanol–water partition coefficient (Wildman–Crippen LogP) is 1.36. The lowest BCUT2D eigenvalue weighted by molar-refractivity contribution is 0.811. The lowest BCUT2D eigenvalue weighted by Crippen LogP contribution is -2.09. The summed E-state index contributed by atoms with van der Waals surface area (Å²) >= 11 is 0. The van der Waals surface area contributed by atoms with Crippen LogP contribution in [-0.2, 0) is 0 Å². The zero-order chi connectivity index (χ0) is 10.4. The molecule has 0 aliphatic rings. The maximum absolute atomic E-state index is 5.40. The SMILES string of the molecule is CC(C)c1cc(NCCCN)ncn1. The maximum atomic E-state index is 5.40. The van der Waals surface area contributed by atoms with Crippen LogP contribution in [0.1, 0.15) is 31.9 Å². The molecule has 1 heterocycles. The highest BCUT2D eigenvalue weighted by atomic mass is 15.0. The molecule has 0 spiro atoms. The van der Waals surface area contributed by atoms with E-state index < -0.39 is 0 Å². The third-order valence-corrected chi connectivity index (χ3v) is 1.97. The molecule has 0 atom stereocenters. The number of aromatic nitrogens is 2. The Morgan fingerprint density at radius 3 is 2.86 bits per heavy atom. The van der Waals surface area contributed by atoms with E-state index in [1.54, 1.807) is 6.33 Å². The monoisotopic (exact) mass is 194 g/mol. The maximum Gasteiger partial charge on any atom is 0.129 e. The van der Waals surface area contributed by atoms with Gasteiger partial charge in [-0.1, -0.05) is 13.8 Å². The molecule has 0 aliphatic carbocycles. The smallest absolute Gasteiger partial charge is 0.129 e. The van der Waals surface area contributed by atoms with Crippen molar-refractivity contribution >= 4 is 5.82 Å². The molecule has 0 amide bonds. The van der Waals surface area contributed by atoms with Gasteiger partial charge in [-0.3, -0.25) is 0 Å². The van der Waals surface area contributed by atoms with Gasteiger partial charge < -0.3 is 11.1 Å². The normalized spacial score (nSPS) is 10.6. The van der Waals surface area contributed by atoms with Gasteiger partial charge in [0.05, 0.1) is 0 Å². The topological polar surface area (TPSA) is 63.8 Å². The minimum Gasteiger partial charge on any atom is -0.370 e. The van der Waals surface area contributed by atoms with E-state index in [4.69, 9.17) is 5.73 Å². The van der Waals surface area contributed by atoms with Crippen molar-refractivity contribution in [3.8, 4) is 0 Å². The average Bonchev–Trinajstić information content (AvgIpc) is 2.19. The van der Waals surface area contributed by atoms with Crippen molar-refractivity contribution in [2.24, 2.45) is 5.73 Å². The molecule has 14 heavy (non-hydrogen) atoms. The minimum atomic E-state index is 0.438. The van der Waals surface area contributed by atoms with Gasteiger partial charge in [-0.2, -0.15) is 0 Å². The van der Waals surface area contributed by atoms with E-state index in [1.807, 2.05) is 6.07 Å². The van der Waals surface area contributed by atoms with Gasteiger partial charge >= 0.3 is 0 Å². The molecule has 1 aromatic rings. The zero-order valence-corrected chi connectivity index (χ0v) is 8.83. The highest BCUT2D eigenvalue weighted by Gasteiger charge is 2.01. The first kappa shape index (κ1) is 10.9. The van der Waals surface area contributed by atoms with Crippen molar-refractivity contribution in [3.05, 3.63) is 18.1 Å². The van der Waals surface area contributed by atoms with Crippen LogP contribution < -0.4 is 11.1 Å². The van der Waals surface area contributed by atoms with E-state index in [0.29, 0.717) is 12.5 Å². The molecule has 0 saturated carbocycles. The Kier molecular flexibility index (Phi) is 4.32. The number of anilines is 1. The van der Waals surface area contributed by atoms with Crippen LogP contribution in [-0.4, -0.2) is 23.1 Å². The first-order valence-corrected chi connectivity index (χ1v) is 5.00. The Hall–Kier alpha value is -1.16. The van der Waals surface area contributed by atoms with E-state index in [2.05, 4.69) is 29.1 Å². The summed E-state index contributed by atoms with van der Waals surface area (Å²) in [5.41, 5.74) is 6.46. The van der Waals surface area contributed by atoms with Crippen LogP contribution in [0.25, 0.3) is 0 Å². The standard InChI is InChI=1S/C10H18N4/c1-8(2)9-6-10(14-7-13-9)12-5-3-4-11/h6-8H,3-5,11H2,1-2H3,(H,12,13,14). The quantitative estimate of drug-likeness (QED) is 0.695. The van der Waals surface area contributed by atoms with Crippen molar-refractivity contribution in [2.45, 2.75) is 26.2 Å². The molecule has 78 valence electrons. The number of hydrogen-bond acceptors (Lipinski definition) is 4. The highest BCUT2D eigenvalue weighted by molar-refractivity contribution is 5.35. The van der Waals surface area contributed by atoms with Crippen LogP contribution in [0.2, 0.25) is 0 Å². The largest absolute Gasteiger partial charge is 0.370 e. The van der Waals surface area contributed by atoms with Crippen LogP contribution in [0.3, 0.4) is 0 Å². The first-order valence-electron chi connectivity index (χ1n) is 5.00. The average molecular weight is 194 g/mol. The van der Waals surface area contributed by atoms with Crippen LogP contribution in [0.4, 0.5) is 5.82 Å². The highest BCUT2D eigenvalue weighted by Crippen LogP contribution is 2.13. The molecule has 3 N–H and O–H groups in total. The van der Waals surface area contributed by atoms with Crippen molar-refractivity contribution in [1.29, 1.82) is 0 Å². The molecule has 0 unspecified atom stereocenters. The van der Waals surface area contributed by atoms with Crippen LogP contribution >= 0.6 is 0 Å². The first-order chi connectivity index (χ1) is 6.74. The van der Waals surface area contributed by atoms with Gasteiger partial charge in [0.15, 0.2) is 0 Å². The number of rotatable bonds is 5. The third kappa shape index (κ3) is 3.30. The number of nitrogens with one attached hydrogen (secondary N) is 1. The Labute approximate surface area is 85.0 Å². The molecule has 0 fully saturated rings. The summed E-state index contributed by atoms with van der Waals surface area (Å²) in [4.78, 5) is 8.32. The number of hydrogen-bond donors (Lipinski definition) is 2. The van der Waals surface area contributed by atoms with E-state index >= 15 is 0 Å². The Bertz CT molecular complexity index is 273. The number of nitrogens with zero attached hydrogens (tertiary/aromatic N) is 2. The molecule has 0 aromatic carbocycles. The lowest BCUT2D eigenvalue weighted by Gasteiger charge is -2.07. The summed E-state index contributed by atoms with van der Waals surface area (Å²) in [7, 11) is 0. The van der Waals surface area contributed by atoms with E-state index in [0.717, 1.165) is 24.5 Å². The molecule has 0 bridgehead atoms. The van der Waals surface area contributed by atoms with E-state index in [1.165, 1.54) is 0 Å².